The zero-order valence-corrected chi connectivity index (χ0v) is 9.96. The second kappa shape index (κ2) is 5.03. The number of anilines is 1. The van der Waals surface area contributed by atoms with Gasteiger partial charge in [-0.2, -0.15) is 0 Å². The van der Waals surface area contributed by atoms with Gasteiger partial charge >= 0.3 is 0 Å². The van der Waals surface area contributed by atoms with Gasteiger partial charge in [0.25, 0.3) is 5.69 Å². The van der Waals surface area contributed by atoms with E-state index in [-0.39, 0.29) is 11.6 Å². The third kappa shape index (κ3) is 2.58. The van der Waals surface area contributed by atoms with Crippen molar-refractivity contribution in [2.45, 2.75) is 25.8 Å². The van der Waals surface area contributed by atoms with Gasteiger partial charge in [0.2, 0.25) is 5.91 Å². The van der Waals surface area contributed by atoms with E-state index >= 15 is 0 Å². The standard InChI is InChI=1S/C12H15N3O3/c13-11-5-4-10(15(17)18)7-9(11)8-14-6-2-1-3-12(14)16/h4-5,7H,1-3,6,8,13H2. The number of nitrogens with zero attached hydrogens (tertiary/aromatic N) is 2. The van der Waals surface area contributed by atoms with Crippen LogP contribution in [0.15, 0.2) is 18.2 Å². The van der Waals surface area contributed by atoms with Gasteiger partial charge in [-0.25, -0.2) is 0 Å². The van der Waals surface area contributed by atoms with Crippen LogP contribution in [0.4, 0.5) is 11.4 Å². The number of likely N-dealkylation sites (tertiary alicyclic amines) is 1. The molecule has 0 aliphatic carbocycles. The average molecular weight is 249 g/mol. The number of carbonyl (C=O) groups is 1. The summed E-state index contributed by atoms with van der Waals surface area (Å²) >= 11 is 0. The van der Waals surface area contributed by atoms with Crippen LogP contribution in [0, 0.1) is 10.1 Å². The molecule has 1 aliphatic heterocycles. The van der Waals surface area contributed by atoms with Gasteiger partial charge in [0.1, 0.15) is 0 Å². The Labute approximate surface area is 105 Å². The van der Waals surface area contributed by atoms with Gasteiger partial charge in [0.05, 0.1) is 4.92 Å². The van der Waals surface area contributed by atoms with Crippen molar-refractivity contribution in [3.05, 3.63) is 33.9 Å². The van der Waals surface area contributed by atoms with Crippen molar-refractivity contribution in [2.75, 3.05) is 12.3 Å². The summed E-state index contributed by atoms with van der Waals surface area (Å²) in [4.78, 5) is 23.6. The molecule has 0 bridgehead atoms. The van der Waals surface area contributed by atoms with Crippen molar-refractivity contribution in [1.29, 1.82) is 0 Å². The van der Waals surface area contributed by atoms with Gasteiger partial charge in [-0.1, -0.05) is 0 Å². The van der Waals surface area contributed by atoms with E-state index in [1.807, 2.05) is 0 Å². The number of nitro benzene ring substituents is 1. The number of non-ortho nitro benzene ring substituents is 1. The predicted molar refractivity (Wildman–Crippen MR) is 66.8 cm³/mol. The van der Waals surface area contributed by atoms with Crippen molar-refractivity contribution >= 4 is 17.3 Å². The van der Waals surface area contributed by atoms with Crippen LogP contribution >= 0.6 is 0 Å². The second-order valence-electron chi connectivity index (χ2n) is 4.41. The summed E-state index contributed by atoms with van der Waals surface area (Å²) in [5.74, 6) is 0.0900. The van der Waals surface area contributed by atoms with Crippen molar-refractivity contribution < 1.29 is 9.72 Å². The lowest BCUT2D eigenvalue weighted by atomic mass is 10.1. The molecule has 1 fully saturated rings. The van der Waals surface area contributed by atoms with Gasteiger partial charge in [-0.15, -0.1) is 0 Å². The summed E-state index contributed by atoms with van der Waals surface area (Å²) < 4.78 is 0. The highest BCUT2D eigenvalue weighted by atomic mass is 16.6. The number of nitrogens with two attached hydrogens (primary N) is 1. The predicted octanol–water partition coefficient (Wildman–Crippen LogP) is 1.69. The summed E-state index contributed by atoms with van der Waals surface area (Å²) in [6, 6.07) is 4.33. The molecule has 18 heavy (non-hydrogen) atoms. The van der Waals surface area contributed by atoms with Gasteiger partial charge in [-0.05, 0) is 18.9 Å². The average Bonchev–Trinajstić information content (AvgIpc) is 2.34. The highest BCUT2D eigenvalue weighted by Crippen LogP contribution is 2.23. The number of rotatable bonds is 3. The Morgan fingerprint density at radius 3 is 2.83 bits per heavy atom. The van der Waals surface area contributed by atoms with Gasteiger partial charge in [-0.3, -0.25) is 14.9 Å². The molecular formula is C12H15N3O3. The third-order valence-electron chi connectivity index (χ3n) is 3.12. The van der Waals surface area contributed by atoms with Gasteiger partial charge in [0, 0.05) is 42.9 Å². The smallest absolute Gasteiger partial charge is 0.269 e. The van der Waals surface area contributed by atoms with Crippen LogP contribution in [0.25, 0.3) is 0 Å². The van der Waals surface area contributed by atoms with Crippen LogP contribution in [-0.2, 0) is 11.3 Å². The molecule has 1 heterocycles. The largest absolute Gasteiger partial charge is 0.398 e. The molecule has 6 heteroatoms. The fourth-order valence-electron chi connectivity index (χ4n) is 2.08. The number of carbonyl (C=O) groups excluding carboxylic acids is 1. The first kappa shape index (κ1) is 12.3. The fraction of sp³-hybridized carbons (Fsp3) is 0.417. The van der Waals surface area contributed by atoms with Crippen LogP contribution in [0.5, 0.6) is 0 Å². The summed E-state index contributed by atoms with van der Waals surface area (Å²) in [6.45, 7) is 1.05. The van der Waals surface area contributed by atoms with E-state index in [0.29, 0.717) is 30.8 Å². The highest BCUT2D eigenvalue weighted by Gasteiger charge is 2.20. The molecule has 1 aromatic rings. The van der Waals surface area contributed by atoms with Crippen molar-refractivity contribution in [1.82, 2.24) is 4.90 Å². The number of piperidine rings is 1. The lowest BCUT2D eigenvalue weighted by molar-refractivity contribution is -0.384. The monoisotopic (exact) mass is 249 g/mol. The van der Waals surface area contributed by atoms with Crippen molar-refractivity contribution in [3.8, 4) is 0 Å². The number of hydrogen-bond donors (Lipinski definition) is 1. The topological polar surface area (TPSA) is 89.5 Å². The summed E-state index contributed by atoms with van der Waals surface area (Å²) in [5.41, 5.74) is 6.92. The van der Waals surface area contributed by atoms with E-state index in [4.69, 9.17) is 5.73 Å². The maximum Gasteiger partial charge on any atom is 0.269 e. The molecular weight excluding hydrogens is 234 g/mol. The summed E-state index contributed by atoms with van der Waals surface area (Å²) in [7, 11) is 0. The zero-order valence-electron chi connectivity index (χ0n) is 9.96. The quantitative estimate of drug-likeness (QED) is 0.501. The van der Waals surface area contributed by atoms with Gasteiger partial charge < -0.3 is 10.6 Å². The molecule has 0 unspecified atom stereocenters. The maximum absolute atomic E-state index is 11.7. The lowest BCUT2D eigenvalue weighted by Gasteiger charge is -2.27. The molecule has 0 radical (unpaired) electrons. The van der Waals surface area contributed by atoms with Crippen molar-refractivity contribution in [2.24, 2.45) is 0 Å². The normalized spacial score (nSPS) is 15.8. The first-order valence-corrected chi connectivity index (χ1v) is 5.88. The minimum atomic E-state index is -0.457. The van der Waals surface area contributed by atoms with E-state index in [9.17, 15) is 14.9 Å². The fourth-order valence-corrected chi connectivity index (χ4v) is 2.08. The summed E-state index contributed by atoms with van der Waals surface area (Å²) in [6.07, 6.45) is 2.44. The molecule has 1 aliphatic rings. The zero-order chi connectivity index (χ0) is 13.1. The lowest BCUT2D eigenvalue weighted by Crippen LogP contribution is -2.34. The highest BCUT2D eigenvalue weighted by molar-refractivity contribution is 5.77. The maximum atomic E-state index is 11.7. The van der Waals surface area contributed by atoms with E-state index in [2.05, 4.69) is 0 Å². The SMILES string of the molecule is Nc1ccc([N+](=O)[O-])cc1CN1CCCCC1=O. The number of amides is 1. The van der Waals surface area contributed by atoms with Crippen molar-refractivity contribution in [3.63, 3.8) is 0 Å². The summed E-state index contributed by atoms with van der Waals surface area (Å²) in [5, 5.41) is 10.7. The van der Waals surface area contributed by atoms with Crippen LogP contribution in [0.2, 0.25) is 0 Å². The molecule has 96 valence electrons. The Bertz CT molecular complexity index is 487. The van der Waals surface area contributed by atoms with Crippen LogP contribution in [0.3, 0.4) is 0 Å². The first-order chi connectivity index (χ1) is 8.58. The third-order valence-corrected chi connectivity index (χ3v) is 3.12. The van der Waals surface area contributed by atoms with E-state index in [1.165, 1.54) is 18.2 Å². The van der Waals surface area contributed by atoms with Crippen LogP contribution < -0.4 is 5.73 Å². The molecule has 6 nitrogen and oxygen atoms in total. The minimum absolute atomic E-state index is 0.00339. The number of hydrogen-bond acceptors (Lipinski definition) is 4. The molecule has 2 N–H and O–H groups in total. The Morgan fingerprint density at radius 2 is 2.17 bits per heavy atom. The molecule has 1 saturated heterocycles. The molecule has 1 amide bonds. The molecule has 0 spiro atoms. The van der Waals surface area contributed by atoms with Crippen LogP contribution in [0.1, 0.15) is 24.8 Å². The number of benzene rings is 1. The molecule has 0 aromatic heterocycles. The Balaban J connectivity index is 2.19. The van der Waals surface area contributed by atoms with Crippen LogP contribution in [-0.4, -0.2) is 22.3 Å². The molecule has 1 aromatic carbocycles. The second-order valence-corrected chi connectivity index (χ2v) is 4.41. The van der Waals surface area contributed by atoms with E-state index in [0.717, 1.165) is 12.8 Å². The molecule has 0 saturated carbocycles. The Kier molecular flexibility index (Phi) is 3.45. The van der Waals surface area contributed by atoms with Gasteiger partial charge in [0.15, 0.2) is 0 Å². The number of nitrogen functional groups attached to an aromatic ring is 1. The Hall–Kier alpha value is -2.11. The first-order valence-electron chi connectivity index (χ1n) is 5.88. The molecule has 2 rings (SSSR count). The number of nitro groups is 1. The van der Waals surface area contributed by atoms with E-state index < -0.39 is 4.92 Å². The van der Waals surface area contributed by atoms with E-state index in [1.54, 1.807) is 4.90 Å². The minimum Gasteiger partial charge on any atom is -0.398 e. The molecule has 0 atom stereocenters. The Morgan fingerprint density at radius 1 is 1.39 bits per heavy atom.